The molecule has 0 N–H and O–H groups in total. The zero-order valence-electron chi connectivity index (χ0n) is 15.4. The molecule has 0 spiro atoms. The van der Waals surface area contributed by atoms with Gasteiger partial charge in [-0.2, -0.15) is 0 Å². The summed E-state index contributed by atoms with van der Waals surface area (Å²) in [7, 11) is 0. The van der Waals surface area contributed by atoms with Crippen LogP contribution in [0.4, 0.5) is 4.79 Å². The molecule has 3 aromatic rings. The Morgan fingerprint density at radius 3 is 2.50 bits per heavy atom. The van der Waals surface area contributed by atoms with Gasteiger partial charge in [0, 0.05) is 18.0 Å². The van der Waals surface area contributed by atoms with E-state index in [-0.39, 0.29) is 6.09 Å². The maximum absolute atomic E-state index is 12.5. The average Bonchev–Trinajstić information content (AvgIpc) is 2.97. The van der Waals surface area contributed by atoms with Crippen LogP contribution in [0.5, 0.6) is 0 Å². The predicted octanol–water partition coefficient (Wildman–Crippen LogP) is 5.84. The molecular weight excluding hydrogens is 322 g/mol. The molecule has 0 atom stereocenters. The summed E-state index contributed by atoms with van der Waals surface area (Å²) in [6, 6.07) is 17.9. The van der Waals surface area contributed by atoms with Crippen molar-refractivity contribution < 1.29 is 9.53 Å². The molecule has 2 aromatic carbocycles. The first-order chi connectivity index (χ1) is 12.4. The molecule has 132 valence electrons. The molecule has 0 unspecified atom stereocenters. The number of carbonyl (C=O) groups excluding carboxylic acids is 1. The van der Waals surface area contributed by atoms with Gasteiger partial charge >= 0.3 is 6.09 Å². The lowest BCUT2D eigenvalue weighted by molar-refractivity contribution is 0.0544. The van der Waals surface area contributed by atoms with Crippen LogP contribution in [-0.2, 0) is 11.2 Å². The molecule has 3 rings (SSSR count). The number of benzene rings is 2. The van der Waals surface area contributed by atoms with Crippen molar-refractivity contribution in [3.8, 4) is 0 Å². The Kier molecular flexibility index (Phi) is 5.11. The zero-order valence-corrected chi connectivity index (χ0v) is 15.4. The molecule has 1 aromatic heterocycles. The van der Waals surface area contributed by atoms with E-state index in [2.05, 4.69) is 5.73 Å². The standard InChI is InChI=1S/C23H23NO2/c1-23(2,3)26-22(25)24-17-19(20-15-9-10-16-21(20)24)14-8-7-13-18-11-5-4-6-12-18/h4-6,8-13,15-17H,14H2,1-3H3. The van der Waals surface area contributed by atoms with E-state index in [0.717, 1.165) is 22.0 Å². The predicted molar refractivity (Wildman–Crippen MR) is 106 cm³/mol. The summed E-state index contributed by atoms with van der Waals surface area (Å²) in [5, 5.41) is 1.05. The largest absolute Gasteiger partial charge is 0.443 e. The first-order valence-electron chi connectivity index (χ1n) is 8.72. The van der Waals surface area contributed by atoms with E-state index in [1.807, 2.05) is 93.7 Å². The third-order valence-electron chi connectivity index (χ3n) is 3.87. The smallest absolute Gasteiger partial charge is 0.419 e. The third kappa shape index (κ3) is 4.33. The van der Waals surface area contributed by atoms with Crippen LogP contribution in [0.25, 0.3) is 17.0 Å². The maximum atomic E-state index is 12.5. The van der Waals surface area contributed by atoms with Crippen molar-refractivity contribution in [3.63, 3.8) is 0 Å². The van der Waals surface area contributed by atoms with Gasteiger partial charge in [-0.05, 0) is 50.1 Å². The minimum atomic E-state index is -0.527. The lowest BCUT2D eigenvalue weighted by Crippen LogP contribution is -2.26. The summed E-state index contributed by atoms with van der Waals surface area (Å²) in [6.45, 7) is 5.61. The van der Waals surface area contributed by atoms with E-state index < -0.39 is 5.60 Å². The molecular formula is C23H23NO2. The van der Waals surface area contributed by atoms with Gasteiger partial charge in [0.05, 0.1) is 5.52 Å². The molecule has 0 aliphatic rings. The molecule has 0 saturated carbocycles. The molecule has 0 aliphatic carbocycles. The molecule has 3 nitrogen and oxygen atoms in total. The lowest BCUT2D eigenvalue weighted by Gasteiger charge is -2.19. The van der Waals surface area contributed by atoms with Crippen LogP contribution in [0, 0.1) is 0 Å². The molecule has 0 fully saturated rings. The Balaban J connectivity index is 1.87. The van der Waals surface area contributed by atoms with Gasteiger partial charge in [-0.25, -0.2) is 4.79 Å². The lowest BCUT2D eigenvalue weighted by atomic mass is 10.1. The normalized spacial score (nSPS) is 11.0. The van der Waals surface area contributed by atoms with Crippen LogP contribution >= 0.6 is 0 Å². The zero-order chi connectivity index (χ0) is 18.6. The van der Waals surface area contributed by atoms with Gasteiger partial charge < -0.3 is 4.74 Å². The first kappa shape index (κ1) is 17.8. The first-order valence-corrected chi connectivity index (χ1v) is 8.72. The second-order valence-corrected chi connectivity index (χ2v) is 7.15. The minimum absolute atomic E-state index is 0.358. The molecule has 26 heavy (non-hydrogen) atoms. The summed E-state index contributed by atoms with van der Waals surface area (Å²) < 4.78 is 7.11. The van der Waals surface area contributed by atoms with Crippen LogP contribution < -0.4 is 0 Å². The average molecular weight is 345 g/mol. The molecule has 0 amide bonds. The summed E-state index contributed by atoms with van der Waals surface area (Å²) in [6.07, 6.45) is 6.13. The van der Waals surface area contributed by atoms with Crippen molar-refractivity contribution in [2.45, 2.75) is 32.8 Å². The Morgan fingerprint density at radius 1 is 1.08 bits per heavy atom. The van der Waals surface area contributed by atoms with Crippen molar-refractivity contribution in [2.24, 2.45) is 0 Å². The molecule has 0 bridgehead atoms. The van der Waals surface area contributed by atoms with E-state index in [1.54, 1.807) is 4.57 Å². The minimum Gasteiger partial charge on any atom is -0.443 e. The Labute approximate surface area is 154 Å². The second-order valence-electron chi connectivity index (χ2n) is 7.15. The van der Waals surface area contributed by atoms with E-state index in [9.17, 15) is 4.79 Å². The van der Waals surface area contributed by atoms with E-state index in [1.165, 1.54) is 0 Å². The van der Waals surface area contributed by atoms with Gasteiger partial charge in [-0.1, -0.05) is 48.5 Å². The highest BCUT2D eigenvalue weighted by Gasteiger charge is 2.20. The highest BCUT2D eigenvalue weighted by atomic mass is 16.6. The number of nitrogens with zero attached hydrogens (tertiary/aromatic N) is 1. The fourth-order valence-electron chi connectivity index (χ4n) is 2.75. The Hall–Kier alpha value is -3.03. The van der Waals surface area contributed by atoms with Gasteiger partial charge in [-0.3, -0.25) is 4.57 Å². The second kappa shape index (κ2) is 7.47. The third-order valence-corrected chi connectivity index (χ3v) is 3.87. The van der Waals surface area contributed by atoms with Crippen molar-refractivity contribution in [2.75, 3.05) is 0 Å². The van der Waals surface area contributed by atoms with Gasteiger partial charge in [0.2, 0.25) is 0 Å². The van der Waals surface area contributed by atoms with Crippen LogP contribution in [-0.4, -0.2) is 16.3 Å². The SMILES string of the molecule is CC(C)(C)OC(=O)n1cc(CC=C=Cc2ccccc2)c2ccccc21. The number of aromatic nitrogens is 1. The summed E-state index contributed by atoms with van der Waals surface area (Å²) >= 11 is 0. The van der Waals surface area contributed by atoms with E-state index in [4.69, 9.17) is 4.74 Å². The molecule has 0 radical (unpaired) electrons. The van der Waals surface area contributed by atoms with Gasteiger partial charge in [0.25, 0.3) is 0 Å². The van der Waals surface area contributed by atoms with Crippen molar-refractivity contribution in [1.82, 2.24) is 4.57 Å². The molecule has 3 heteroatoms. The van der Waals surface area contributed by atoms with Crippen molar-refractivity contribution in [1.29, 1.82) is 0 Å². The van der Waals surface area contributed by atoms with E-state index >= 15 is 0 Å². The monoisotopic (exact) mass is 345 g/mol. The number of ether oxygens (including phenoxy) is 1. The number of rotatable bonds is 3. The molecule has 1 heterocycles. The van der Waals surface area contributed by atoms with E-state index in [0.29, 0.717) is 6.42 Å². The highest BCUT2D eigenvalue weighted by molar-refractivity contribution is 5.92. The number of para-hydroxylation sites is 1. The number of fused-ring (bicyclic) bond motifs is 1. The van der Waals surface area contributed by atoms with Gasteiger partial charge in [0.15, 0.2) is 0 Å². The van der Waals surface area contributed by atoms with Crippen molar-refractivity contribution >= 4 is 23.1 Å². The van der Waals surface area contributed by atoms with Crippen LogP contribution in [0.3, 0.4) is 0 Å². The number of allylic oxidation sites excluding steroid dienone is 1. The van der Waals surface area contributed by atoms with Crippen LogP contribution in [0.15, 0.2) is 72.6 Å². The number of hydrogen-bond acceptors (Lipinski definition) is 2. The molecule has 0 aliphatic heterocycles. The summed E-state index contributed by atoms with van der Waals surface area (Å²) in [4.78, 5) is 12.5. The van der Waals surface area contributed by atoms with Gasteiger partial charge in [0.1, 0.15) is 5.60 Å². The van der Waals surface area contributed by atoms with Crippen LogP contribution in [0.1, 0.15) is 31.9 Å². The quantitative estimate of drug-likeness (QED) is 0.559. The van der Waals surface area contributed by atoms with Crippen LogP contribution in [0.2, 0.25) is 0 Å². The topological polar surface area (TPSA) is 31.2 Å². The molecule has 0 saturated heterocycles. The number of hydrogen-bond donors (Lipinski definition) is 0. The number of carbonyl (C=O) groups is 1. The Bertz CT molecular complexity index is 968. The highest BCUT2D eigenvalue weighted by Crippen LogP contribution is 2.23. The maximum Gasteiger partial charge on any atom is 0.419 e. The Morgan fingerprint density at radius 2 is 1.77 bits per heavy atom. The van der Waals surface area contributed by atoms with Crippen molar-refractivity contribution in [3.05, 3.63) is 83.7 Å². The fourth-order valence-corrected chi connectivity index (χ4v) is 2.75. The fraction of sp³-hybridized carbons (Fsp3) is 0.217. The summed E-state index contributed by atoms with van der Waals surface area (Å²) in [5.74, 6) is 0. The van der Waals surface area contributed by atoms with Gasteiger partial charge in [-0.15, -0.1) is 5.73 Å². The summed E-state index contributed by atoms with van der Waals surface area (Å²) in [5.41, 5.74) is 5.73.